The Hall–Kier alpha value is -2.21. The third-order valence-corrected chi connectivity index (χ3v) is 11.1. The fourth-order valence-electron chi connectivity index (χ4n) is 8.15. The molecular formula is C30H37FN2O2S. The molecule has 2 fully saturated rings. The van der Waals surface area contributed by atoms with Gasteiger partial charge in [-0.15, -0.1) is 0 Å². The fourth-order valence-corrected chi connectivity index (χ4v) is 9.36. The largest absolute Gasteiger partial charge is 0.462 e. The summed E-state index contributed by atoms with van der Waals surface area (Å²) in [7, 11) is 0. The number of halogens is 1. The average Bonchev–Trinajstić information content (AvgIpc) is 3.41. The lowest BCUT2D eigenvalue weighted by Gasteiger charge is -2.56. The summed E-state index contributed by atoms with van der Waals surface area (Å²) in [6.07, 6.45) is 11.8. The van der Waals surface area contributed by atoms with E-state index in [1.807, 2.05) is 6.92 Å². The summed E-state index contributed by atoms with van der Waals surface area (Å²) in [5, 5.41) is 4.28. The van der Waals surface area contributed by atoms with Crippen molar-refractivity contribution in [2.75, 3.05) is 5.32 Å². The summed E-state index contributed by atoms with van der Waals surface area (Å²) in [4.78, 5) is 18.6. The SMILES string of the molecule is CCCC(=O)O[C@H]1CC[C@H]2[C@@H]3CC=C4c5sc(Nc6ccc(F)cc6)nc5CC[C@]4(C)[C@H]3CC[C@]12C. The van der Waals surface area contributed by atoms with E-state index < -0.39 is 0 Å². The molecule has 36 heavy (non-hydrogen) atoms. The Labute approximate surface area is 217 Å². The highest BCUT2D eigenvalue weighted by Crippen LogP contribution is 2.66. The number of carbonyl (C=O) groups excluding carboxylic acids is 1. The summed E-state index contributed by atoms with van der Waals surface area (Å²) in [6.45, 7) is 6.95. The van der Waals surface area contributed by atoms with Gasteiger partial charge < -0.3 is 10.1 Å². The molecular weight excluding hydrogens is 471 g/mol. The Morgan fingerprint density at radius 3 is 2.75 bits per heavy atom. The van der Waals surface area contributed by atoms with Crippen molar-refractivity contribution in [3.05, 3.63) is 46.7 Å². The molecule has 1 heterocycles. The number of esters is 1. The number of hydrogen-bond acceptors (Lipinski definition) is 5. The molecule has 6 rings (SSSR count). The highest BCUT2D eigenvalue weighted by molar-refractivity contribution is 7.16. The summed E-state index contributed by atoms with van der Waals surface area (Å²) in [5.41, 5.74) is 3.86. The second-order valence-corrected chi connectivity index (χ2v) is 12.9. The summed E-state index contributed by atoms with van der Waals surface area (Å²) >= 11 is 1.75. The number of allylic oxidation sites excluding steroid dienone is 2. The lowest BCUT2D eigenvalue weighted by Crippen LogP contribution is -2.50. The van der Waals surface area contributed by atoms with Crippen LogP contribution in [0.4, 0.5) is 15.2 Å². The number of thiazole rings is 1. The van der Waals surface area contributed by atoms with Crippen molar-refractivity contribution in [2.24, 2.45) is 28.6 Å². The Morgan fingerprint density at radius 1 is 1.17 bits per heavy atom. The van der Waals surface area contributed by atoms with Crippen molar-refractivity contribution < 1.29 is 13.9 Å². The third-order valence-electron chi connectivity index (χ3n) is 10.0. The van der Waals surface area contributed by atoms with E-state index in [0.717, 1.165) is 49.3 Å². The number of rotatable bonds is 5. The molecule has 1 aromatic carbocycles. The van der Waals surface area contributed by atoms with Crippen LogP contribution < -0.4 is 5.32 Å². The lowest BCUT2D eigenvalue weighted by atomic mass is 9.48. The van der Waals surface area contributed by atoms with Gasteiger partial charge in [0.25, 0.3) is 0 Å². The maximum Gasteiger partial charge on any atom is 0.306 e. The average molecular weight is 509 g/mol. The van der Waals surface area contributed by atoms with E-state index >= 15 is 0 Å². The van der Waals surface area contributed by atoms with Crippen molar-refractivity contribution in [1.29, 1.82) is 0 Å². The van der Waals surface area contributed by atoms with Crippen molar-refractivity contribution in [3.8, 4) is 0 Å². The monoisotopic (exact) mass is 508 g/mol. The van der Waals surface area contributed by atoms with Crippen LogP contribution in [0.3, 0.4) is 0 Å². The number of anilines is 2. The minimum absolute atomic E-state index is 0.0145. The van der Waals surface area contributed by atoms with E-state index in [1.165, 1.54) is 41.1 Å². The molecule has 6 heteroatoms. The predicted molar refractivity (Wildman–Crippen MR) is 143 cm³/mol. The predicted octanol–water partition coefficient (Wildman–Crippen LogP) is 7.92. The minimum Gasteiger partial charge on any atom is -0.462 e. The first-order valence-electron chi connectivity index (χ1n) is 13.7. The molecule has 6 atom stereocenters. The molecule has 0 saturated heterocycles. The van der Waals surface area contributed by atoms with E-state index in [4.69, 9.17) is 9.72 Å². The highest BCUT2D eigenvalue weighted by Gasteiger charge is 2.60. The molecule has 4 nitrogen and oxygen atoms in total. The van der Waals surface area contributed by atoms with Crippen molar-refractivity contribution in [1.82, 2.24) is 4.98 Å². The smallest absolute Gasteiger partial charge is 0.306 e. The van der Waals surface area contributed by atoms with Crippen LogP contribution in [0.15, 0.2) is 30.3 Å². The molecule has 1 N–H and O–H groups in total. The summed E-state index contributed by atoms with van der Waals surface area (Å²) < 4.78 is 19.4. The first-order valence-corrected chi connectivity index (χ1v) is 14.6. The first-order chi connectivity index (χ1) is 17.3. The molecule has 1 aromatic heterocycles. The van der Waals surface area contributed by atoms with E-state index in [1.54, 1.807) is 23.5 Å². The van der Waals surface area contributed by atoms with Crippen LogP contribution in [0.1, 0.15) is 82.7 Å². The molecule has 0 radical (unpaired) electrons. The van der Waals surface area contributed by atoms with Gasteiger partial charge in [0.15, 0.2) is 5.13 Å². The molecule has 2 aromatic rings. The third kappa shape index (κ3) is 3.82. The summed E-state index contributed by atoms with van der Waals surface area (Å²) in [5.74, 6) is 1.72. The number of ether oxygens (including phenoxy) is 1. The Balaban J connectivity index is 1.25. The maximum atomic E-state index is 13.3. The van der Waals surface area contributed by atoms with Crippen LogP contribution >= 0.6 is 11.3 Å². The standard InChI is InChI=1S/C30H37FN2O2S/c1-4-5-26(34)35-25-13-12-21-20-10-11-23-27-24(15-17-29(23,2)22(20)14-16-30(21,25)3)33-28(36-27)32-19-8-6-18(31)7-9-19/h6-9,11,20-22,25H,4-5,10,12-17H2,1-3H3,(H,32,33)/t20-,21-,22-,25-,29+,30-/m0/s1. The molecule has 4 aliphatic carbocycles. The number of fused-ring (bicyclic) bond motifs is 7. The number of aromatic nitrogens is 1. The number of benzene rings is 1. The quantitative estimate of drug-likeness (QED) is 0.417. The van der Waals surface area contributed by atoms with Crippen molar-refractivity contribution in [3.63, 3.8) is 0 Å². The van der Waals surface area contributed by atoms with Gasteiger partial charge in [-0.05, 0) is 104 Å². The molecule has 0 bridgehead atoms. The van der Waals surface area contributed by atoms with Crippen LogP contribution in [0.25, 0.3) is 5.57 Å². The molecule has 2 saturated carbocycles. The maximum absolute atomic E-state index is 13.3. The topological polar surface area (TPSA) is 51.2 Å². The molecule has 0 spiro atoms. The first kappa shape index (κ1) is 24.1. The van der Waals surface area contributed by atoms with Crippen LogP contribution in [0, 0.1) is 34.4 Å². The van der Waals surface area contributed by atoms with Gasteiger partial charge in [-0.25, -0.2) is 9.37 Å². The second kappa shape index (κ2) is 8.97. The highest BCUT2D eigenvalue weighted by atomic mass is 32.1. The van der Waals surface area contributed by atoms with E-state index in [-0.39, 0.29) is 28.7 Å². The van der Waals surface area contributed by atoms with Gasteiger partial charge in [0.1, 0.15) is 11.9 Å². The van der Waals surface area contributed by atoms with Crippen LogP contribution in [-0.4, -0.2) is 17.1 Å². The molecule has 0 unspecified atom stereocenters. The van der Waals surface area contributed by atoms with Gasteiger partial charge in [-0.1, -0.05) is 38.2 Å². The molecule has 0 aliphatic heterocycles. The second-order valence-electron chi connectivity index (χ2n) is 11.9. The number of hydrogen-bond donors (Lipinski definition) is 1. The molecule has 0 amide bonds. The molecule has 4 aliphatic rings. The van der Waals surface area contributed by atoms with Crippen LogP contribution in [0.2, 0.25) is 0 Å². The van der Waals surface area contributed by atoms with Gasteiger partial charge in [0.05, 0.1) is 10.6 Å². The number of aryl methyl sites for hydroxylation is 1. The van der Waals surface area contributed by atoms with Gasteiger partial charge in [-0.2, -0.15) is 0 Å². The van der Waals surface area contributed by atoms with Gasteiger partial charge >= 0.3 is 5.97 Å². The van der Waals surface area contributed by atoms with Crippen LogP contribution in [0.5, 0.6) is 0 Å². The van der Waals surface area contributed by atoms with Gasteiger partial charge in [-0.3, -0.25) is 4.79 Å². The van der Waals surface area contributed by atoms with Gasteiger partial charge in [0, 0.05) is 17.5 Å². The van der Waals surface area contributed by atoms with E-state index in [0.29, 0.717) is 24.2 Å². The molecule has 192 valence electrons. The zero-order valence-electron chi connectivity index (χ0n) is 21.6. The zero-order chi connectivity index (χ0) is 25.1. The fraction of sp³-hybridized carbons (Fsp3) is 0.600. The van der Waals surface area contributed by atoms with E-state index in [2.05, 4.69) is 25.2 Å². The Kier molecular flexibility index (Phi) is 6.01. The minimum atomic E-state index is -0.229. The lowest BCUT2D eigenvalue weighted by molar-refractivity contribution is -0.159. The van der Waals surface area contributed by atoms with E-state index in [9.17, 15) is 9.18 Å². The van der Waals surface area contributed by atoms with Crippen LogP contribution in [-0.2, 0) is 16.0 Å². The Bertz CT molecular complexity index is 1190. The number of carbonyl (C=O) groups is 1. The normalized spacial score (nSPS) is 34.6. The zero-order valence-corrected chi connectivity index (χ0v) is 22.4. The summed E-state index contributed by atoms with van der Waals surface area (Å²) in [6, 6.07) is 6.48. The number of nitrogens with one attached hydrogen (secondary N) is 1. The van der Waals surface area contributed by atoms with Crippen molar-refractivity contribution in [2.45, 2.75) is 84.7 Å². The number of nitrogens with zero attached hydrogens (tertiary/aromatic N) is 1. The Morgan fingerprint density at radius 2 is 1.97 bits per heavy atom. The van der Waals surface area contributed by atoms with Gasteiger partial charge in [0.2, 0.25) is 0 Å². The van der Waals surface area contributed by atoms with Crippen molar-refractivity contribution >= 4 is 33.7 Å².